The zero-order valence-electron chi connectivity index (χ0n) is 16.0. The molecule has 1 aliphatic rings. The van der Waals surface area contributed by atoms with Gasteiger partial charge in [-0.3, -0.25) is 4.31 Å². The number of fused-ring (bicyclic) bond motifs is 1. The highest BCUT2D eigenvalue weighted by Gasteiger charge is 2.31. The Hall–Kier alpha value is -3.39. The topological polar surface area (TPSA) is 78.5 Å². The second-order valence-electron chi connectivity index (χ2n) is 6.92. The Labute approximate surface area is 174 Å². The standard InChI is InChI=1S/C22H20FN3O3S/c23-18-9-6-16(7-10-18)15-24-22(27)25-19-11-8-17-12-13-26(21(17)14-19)30(28,29)20-4-2-1-3-5-20/h1-11,14H,12-13,15H2,(H2,24,25,27). The lowest BCUT2D eigenvalue weighted by Gasteiger charge is -2.20. The van der Waals surface area contributed by atoms with Gasteiger partial charge in [-0.2, -0.15) is 0 Å². The van der Waals surface area contributed by atoms with Crippen molar-refractivity contribution in [1.29, 1.82) is 0 Å². The minimum atomic E-state index is -3.67. The fraction of sp³-hybridized carbons (Fsp3) is 0.136. The van der Waals surface area contributed by atoms with E-state index in [1.807, 2.05) is 6.07 Å². The minimum absolute atomic E-state index is 0.230. The van der Waals surface area contributed by atoms with E-state index in [0.29, 0.717) is 24.3 Å². The third-order valence-corrected chi connectivity index (χ3v) is 6.72. The van der Waals surface area contributed by atoms with Gasteiger partial charge in [-0.1, -0.05) is 36.4 Å². The zero-order chi connectivity index (χ0) is 21.1. The van der Waals surface area contributed by atoms with Gasteiger partial charge in [0.2, 0.25) is 0 Å². The van der Waals surface area contributed by atoms with Crippen LogP contribution in [0.3, 0.4) is 0 Å². The number of carbonyl (C=O) groups excluding carboxylic acids is 1. The Balaban J connectivity index is 1.48. The van der Waals surface area contributed by atoms with E-state index in [1.165, 1.54) is 16.4 Å². The number of amides is 2. The molecule has 0 saturated heterocycles. The number of urea groups is 1. The van der Waals surface area contributed by atoms with Crippen molar-refractivity contribution in [2.45, 2.75) is 17.9 Å². The Kier molecular flexibility index (Phi) is 5.41. The molecule has 2 amide bonds. The van der Waals surface area contributed by atoms with Crippen LogP contribution in [0.2, 0.25) is 0 Å². The van der Waals surface area contributed by atoms with Crippen LogP contribution in [0.15, 0.2) is 77.7 Å². The zero-order valence-corrected chi connectivity index (χ0v) is 16.8. The molecule has 6 nitrogen and oxygen atoms in total. The van der Waals surface area contributed by atoms with E-state index in [2.05, 4.69) is 10.6 Å². The molecule has 3 aromatic rings. The van der Waals surface area contributed by atoms with Gasteiger partial charge in [0.05, 0.1) is 10.6 Å². The Bertz CT molecular complexity index is 1170. The summed E-state index contributed by atoms with van der Waals surface area (Å²) in [4.78, 5) is 12.5. The predicted molar refractivity (Wildman–Crippen MR) is 113 cm³/mol. The van der Waals surface area contributed by atoms with Crippen molar-refractivity contribution in [3.63, 3.8) is 0 Å². The molecule has 3 aromatic carbocycles. The highest BCUT2D eigenvalue weighted by molar-refractivity contribution is 7.92. The van der Waals surface area contributed by atoms with Crippen LogP contribution in [0.4, 0.5) is 20.6 Å². The van der Waals surface area contributed by atoms with Crippen LogP contribution in [-0.2, 0) is 23.0 Å². The number of hydrogen-bond donors (Lipinski definition) is 2. The van der Waals surface area contributed by atoms with Crippen molar-refractivity contribution in [2.24, 2.45) is 0 Å². The SMILES string of the molecule is O=C(NCc1ccc(F)cc1)Nc1ccc2c(c1)N(S(=O)(=O)c1ccccc1)CC2. The summed E-state index contributed by atoms with van der Waals surface area (Å²) in [5.74, 6) is -0.337. The van der Waals surface area contributed by atoms with Crippen LogP contribution in [0, 0.1) is 5.82 Å². The molecule has 0 aliphatic carbocycles. The number of benzene rings is 3. The molecule has 8 heteroatoms. The molecule has 4 rings (SSSR count). The first-order chi connectivity index (χ1) is 14.4. The van der Waals surface area contributed by atoms with E-state index in [1.54, 1.807) is 54.6 Å². The number of anilines is 2. The van der Waals surface area contributed by atoms with Gasteiger partial charge in [-0.25, -0.2) is 17.6 Å². The van der Waals surface area contributed by atoms with E-state index < -0.39 is 16.1 Å². The molecule has 154 valence electrons. The molecule has 0 bridgehead atoms. The van der Waals surface area contributed by atoms with Crippen LogP contribution in [0.1, 0.15) is 11.1 Å². The second kappa shape index (κ2) is 8.16. The van der Waals surface area contributed by atoms with Crippen LogP contribution >= 0.6 is 0 Å². The fourth-order valence-corrected chi connectivity index (χ4v) is 4.87. The number of hydrogen-bond acceptors (Lipinski definition) is 3. The lowest BCUT2D eigenvalue weighted by molar-refractivity contribution is 0.251. The van der Waals surface area contributed by atoms with Gasteiger partial charge in [-0.05, 0) is 53.9 Å². The van der Waals surface area contributed by atoms with E-state index in [4.69, 9.17) is 0 Å². The maximum atomic E-state index is 13.0. The van der Waals surface area contributed by atoms with E-state index in [-0.39, 0.29) is 17.3 Å². The summed E-state index contributed by atoms with van der Waals surface area (Å²) >= 11 is 0. The maximum Gasteiger partial charge on any atom is 0.319 e. The van der Waals surface area contributed by atoms with Gasteiger partial charge in [0.15, 0.2) is 0 Å². The normalized spacial score (nSPS) is 13.0. The molecule has 0 aromatic heterocycles. The van der Waals surface area contributed by atoms with E-state index in [0.717, 1.165) is 11.1 Å². The largest absolute Gasteiger partial charge is 0.334 e. The molecule has 0 fully saturated rings. The Morgan fingerprint density at radius 1 is 1.00 bits per heavy atom. The van der Waals surface area contributed by atoms with Gasteiger partial charge < -0.3 is 10.6 Å². The van der Waals surface area contributed by atoms with Gasteiger partial charge in [0.1, 0.15) is 5.82 Å². The molecule has 0 atom stereocenters. The summed E-state index contributed by atoms with van der Waals surface area (Å²) in [5.41, 5.74) is 2.73. The maximum absolute atomic E-state index is 13.0. The van der Waals surface area contributed by atoms with Gasteiger partial charge in [0.25, 0.3) is 10.0 Å². The Morgan fingerprint density at radius 2 is 1.73 bits per heavy atom. The highest BCUT2D eigenvalue weighted by Crippen LogP contribution is 2.35. The van der Waals surface area contributed by atoms with Gasteiger partial charge in [-0.15, -0.1) is 0 Å². The molecule has 0 spiro atoms. The molecular weight excluding hydrogens is 405 g/mol. The summed E-state index contributed by atoms with van der Waals surface area (Å²) in [6.07, 6.45) is 0.610. The number of nitrogens with zero attached hydrogens (tertiary/aromatic N) is 1. The summed E-state index contributed by atoms with van der Waals surface area (Å²) in [6.45, 7) is 0.596. The molecule has 1 heterocycles. The first kappa shape index (κ1) is 19.9. The molecular formula is C22H20FN3O3S. The third-order valence-electron chi connectivity index (χ3n) is 4.89. The second-order valence-corrected chi connectivity index (χ2v) is 8.78. The van der Waals surface area contributed by atoms with Crippen LogP contribution < -0.4 is 14.9 Å². The summed E-state index contributed by atoms with van der Waals surface area (Å²) in [6, 6.07) is 18.9. The molecule has 2 N–H and O–H groups in total. The molecule has 30 heavy (non-hydrogen) atoms. The van der Waals surface area contributed by atoms with E-state index in [9.17, 15) is 17.6 Å². The van der Waals surface area contributed by atoms with Crippen molar-refractivity contribution in [1.82, 2.24) is 5.32 Å². The third kappa shape index (κ3) is 4.13. The first-order valence-electron chi connectivity index (χ1n) is 9.43. The summed E-state index contributed by atoms with van der Waals surface area (Å²) < 4.78 is 40.4. The molecule has 1 aliphatic heterocycles. The summed E-state index contributed by atoms with van der Waals surface area (Å²) in [7, 11) is -3.67. The summed E-state index contributed by atoms with van der Waals surface area (Å²) in [5, 5.41) is 5.42. The van der Waals surface area contributed by atoms with E-state index >= 15 is 0 Å². The number of sulfonamides is 1. The fourth-order valence-electron chi connectivity index (χ4n) is 3.36. The average molecular weight is 425 g/mol. The molecule has 0 radical (unpaired) electrons. The number of carbonyl (C=O) groups is 1. The smallest absolute Gasteiger partial charge is 0.319 e. The number of rotatable bonds is 5. The van der Waals surface area contributed by atoms with Gasteiger partial charge in [0, 0.05) is 18.8 Å². The van der Waals surface area contributed by atoms with Gasteiger partial charge >= 0.3 is 6.03 Å². The monoisotopic (exact) mass is 425 g/mol. The van der Waals surface area contributed by atoms with Crippen LogP contribution in [0.25, 0.3) is 0 Å². The van der Waals surface area contributed by atoms with Crippen molar-refractivity contribution in [3.8, 4) is 0 Å². The number of nitrogens with one attached hydrogen (secondary N) is 2. The first-order valence-corrected chi connectivity index (χ1v) is 10.9. The van der Waals surface area contributed by atoms with Crippen LogP contribution in [-0.4, -0.2) is 21.0 Å². The van der Waals surface area contributed by atoms with Crippen molar-refractivity contribution in [2.75, 3.05) is 16.2 Å². The Morgan fingerprint density at radius 3 is 2.47 bits per heavy atom. The van der Waals surface area contributed by atoms with Crippen LogP contribution in [0.5, 0.6) is 0 Å². The number of halogens is 1. The molecule has 0 unspecified atom stereocenters. The van der Waals surface area contributed by atoms with Crippen molar-refractivity contribution >= 4 is 27.4 Å². The molecule has 0 saturated carbocycles. The van der Waals surface area contributed by atoms with Crippen molar-refractivity contribution < 1.29 is 17.6 Å². The van der Waals surface area contributed by atoms with Crippen molar-refractivity contribution in [3.05, 3.63) is 89.7 Å². The predicted octanol–water partition coefficient (Wildman–Crippen LogP) is 3.90. The lowest BCUT2D eigenvalue weighted by Crippen LogP contribution is -2.30. The lowest BCUT2D eigenvalue weighted by atomic mass is 10.1. The average Bonchev–Trinajstić information content (AvgIpc) is 3.18. The quantitative estimate of drug-likeness (QED) is 0.651. The highest BCUT2D eigenvalue weighted by atomic mass is 32.2. The minimum Gasteiger partial charge on any atom is -0.334 e.